The number of halogens is 1. The average molecular weight is 557 g/mol. The molecule has 0 saturated carbocycles. The number of aromatic nitrogens is 2. The summed E-state index contributed by atoms with van der Waals surface area (Å²) in [6, 6.07) is 22.5. The van der Waals surface area contributed by atoms with E-state index in [9.17, 15) is 9.59 Å². The monoisotopic (exact) mass is 556 g/mol. The second-order valence-corrected chi connectivity index (χ2v) is 11.1. The molecule has 208 valence electrons. The van der Waals surface area contributed by atoms with E-state index < -0.39 is 6.04 Å². The summed E-state index contributed by atoms with van der Waals surface area (Å²) >= 11 is 6.33. The van der Waals surface area contributed by atoms with Crippen molar-refractivity contribution >= 4 is 28.4 Å². The Morgan fingerprint density at radius 3 is 2.42 bits per heavy atom. The summed E-state index contributed by atoms with van der Waals surface area (Å²) in [5.74, 6) is 0.542. The number of hydrogen-bond acceptors (Lipinski definition) is 4. The Kier molecular flexibility index (Phi) is 8.98. The highest BCUT2D eigenvalue weighted by molar-refractivity contribution is 6.31. The number of benzene rings is 3. The van der Waals surface area contributed by atoms with Crippen molar-refractivity contribution < 1.29 is 4.79 Å². The Balaban J connectivity index is 1.61. The molecule has 0 aliphatic carbocycles. The molecular formula is C33H37ClN4O2. The van der Waals surface area contributed by atoms with Crippen LogP contribution in [0.2, 0.25) is 5.02 Å². The van der Waals surface area contributed by atoms with Crippen molar-refractivity contribution in [1.82, 2.24) is 19.4 Å². The van der Waals surface area contributed by atoms with Gasteiger partial charge >= 0.3 is 0 Å². The zero-order chi connectivity index (χ0) is 28.1. The SMILES string of the molecule is CCC(c1nc2cc(Cl)ccc2c(=O)n1Cc1ccccc1)N(CCN1CCCCC1)C(=O)c1ccc(C)cc1. The number of aryl methyl sites for hydroxylation is 1. The molecule has 0 bridgehead atoms. The van der Waals surface area contributed by atoms with Gasteiger partial charge in [-0.05, 0) is 75.2 Å². The molecular weight excluding hydrogens is 520 g/mol. The third kappa shape index (κ3) is 6.29. The van der Waals surface area contributed by atoms with E-state index in [1.54, 1.807) is 22.8 Å². The van der Waals surface area contributed by atoms with E-state index >= 15 is 0 Å². The lowest BCUT2D eigenvalue weighted by atomic mass is 10.1. The lowest BCUT2D eigenvalue weighted by Gasteiger charge is -2.35. The van der Waals surface area contributed by atoms with Gasteiger partial charge in [0.15, 0.2) is 0 Å². The van der Waals surface area contributed by atoms with E-state index in [2.05, 4.69) is 11.8 Å². The molecule has 1 aromatic heterocycles. The predicted octanol–water partition coefficient (Wildman–Crippen LogP) is 6.49. The van der Waals surface area contributed by atoms with E-state index in [4.69, 9.17) is 16.6 Å². The zero-order valence-corrected chi connectivity index (χ0v) is 24.1. The van der Waals surface area contributed by atoms with Crippen LogP contribution in [0, 0.1) is 6.92 Å². The summed E-state index contributed by atoms with van der Waals surface area (Å²) in [5, 5.41) is 1.04. The minimum Gasteiger partial charge on any atom is -0.327 e. The summed E-state index contributed by atoms with van der Waals surface area (Å²) in [6.45, 7) is 7.89. The first-order valence-electron chi connectivity index (χ1n) is 14.3. The summed E-state index contributed by atoms with van der Waals surface area (Å²) in [4.78, 5) is 37.5. The Hall–Kier alpha value is -3.48. The van der Waals surface area contributed by atoms with Gasteiger partial charge < -0.3 is 9.80 Å². The second kappa shape index (κ2) is 12.8. The highest BCUT2D eigenvalue weighted by Crippen LogP contribution is 2.27. The molecule has 0 radical (unpaired) electrons. The molecule has 40 heavy (non-hydrogen) atoms. The maximum absolute atomic E-state index is 14.1. The highest BCUT2D eigenvalue weighted by atomic mass is 35.5. The van der Waals surface area contributed by atoms with Crippen LogP contribution in [0.5, 0.6) is 0 Å². The number of likely N-dealkylation sites (tertiary alicyclic amines) is 1. The standard InChI is InChI=1S/C33H37ClN4O2/c1-3-30(37(21-20-36-18-8-5-9-19-36)32(39)26-14-12-24(2)13-15-26)31-35-29-22-27(34)16-17-28(29)33(40)38(31)23-25-10-6-4-7-11-25/h4,6-7,10-17,22,30H,3,5,8-9,18-21,23H2,1-2H3. The Bertz CT molecular complexity index is 1510. The van der Waals surface area contributed by atoms with Gasteiger partial charge in [-0.15, -0.1) is 0 Å². The topological polar surface area (TPSA) is 58.4 Å². The van der Waals surface area contributed by atoms with Crippen LogP contribution in [-0.4, -0.2) is 51.4 Å². The maximum atomic E-state index is 14.1. The van der Waals surface area contributed by atoms with Crippen molar-refractivity contribution in [2.45, 2.75) is 52.1 Å². The normalized spacial score (nSPS) is 14.8. The predicted molar refractivity (Wildman–Crippen MR) is 162 cm³/mol. The van der Waals surface area contributed by atoms with Gasteiger partial charge in [-0.2, -0.15) is 0 Å². The zero-order valence-electron chi connectivity index (χ0n) is 23.4. The van der Waals surface area contributed by atoms with Crippen molar-refractivity contribution in [2.24, 2.45) is 0 Å². The van der Waals surface area contributed by atoms with E-state index in [1.807, 2.05) is 66.4 Å². The van der Waals surface area contributed by atoms with Crippen LogP contribution in [-0.2, 0) is 6.54 Å². The molecule has 0 N–H and O–H groups in total. The van der Waals surface area contributed by atoms with Crippen molar-refractivity contribution in [3.63, 3.8) is 0 Å². The fourth-order valence-electron chi connectivity index (χ4n) is 5.62. The smallest absolute Gasteiger partial charge is 0.261 e. The molecule has 1 atom stereocenters. The molecule has 1 aliphatic rings. The summed E-state index contributed by atoms with van der Waals surface area (Å²) in [5.41, 5.74) is 3.17. The third-order valence-corrected chi connectivity index (χ3v) is 8.09. The second-order valence-electron chi connectivity index (χ2n) is 10.7. The van der Waals surface area contributed by atoms with Gasteiger partial charge in [0, 0.05) is 23.7 Å². The first-order valence-corrected chi connectivity index (χ1v) is 14.7. The van der Waals surface area contributed by atoms with Crippen LogP contribution in [0.4, 0.5) is 0 Å². The van der Waals surface area contributed by atoms with E-state index in [0.29, 0.717) is 46.8 Å². The lowest BCUT2D eigenvalue weighted by Crippen LogP contribution is -2.44. The fraction of sp³-hybridized carbons (Fsp3) is 0.364. The Labute approximate surface area is 241 Å². The van der Waals surface area contributed by atoms with Crippen LogP contribution < -0.4 is 5.56 Å². The summed E-state index contributed by atoms with van der Waals surface area (Å²) in [6.07, 6.45) is 4.25. The molecule has 0 spiro atoms. The van der Waals surface area contributed by atoms with Crippen molar-refractivity contribution in [2.75, 3.05) is 26.2 Å². The van der Waals surface area contributed by atoms with Gasteiger partial charge in [-0.1, -0.05) is 73.0 Å². The molecule has 6 nitrogen and oxygen atoms in total. The van der Waals surface area contributed by atoms with Crippen molar-refractivity contribution in [3.05, 3.63) is 111 Å². The first-order chi connectivity index (χ1) is 19.4. The van der Waals surface area contributed by atoms with E-state index in [1.165, 1.54) is 19.3 Å². The number of amides is 1. The van der Waals surface area contributed by atoms with Gasteiger partial charge in [0.05, 0.1) is 23.5 Å². The van der Waals surface area contributed by atoms with E-state index in [0.717, 1.165) is 30.8 Å². The number of nitrogens with zero attached hydrogens (tertiary/aromatic N) is 4. The van der Waals surface area contributed by atoms with Gasteiger partial charge in [0.2, 0.25) is 0 Å². The summed E-state index contributed by atoms with van der Waals surface area (Å²) < 4.78 is 1.75. The van der Waals surface area contributed by atoms with Gasteiger partial charge in [-0.3, -0.25) is 14.2 Å². The van der Waals surface area contributed by atoms with E-state index in [-0.39, 0.29) is 11.5 Å². The van der Waals surface area contributed by atoms with Crippen LogP contribution in [0.25, 0.3) is 10.9 Å². The molecule has 1 fully saturated rings. The molecule has 7 heteroatoms. The van der Waals surface area contributed by atoms with Gasteiger partial charge in [-0.25, -0.2) is 4.98 Å². The summed E-state index contributed by atoms with van der Waals surface area (Å²) in [7, 11) is 0. The molecule has 5 rings (SSSR count). The lowest BCUT2D eigenvalue weighted by molar-refractivity contribution is 0.0621. The first kappa shape index (κ1) is 28.1. The number of carbonyl (C=O) groups is 1. The third-order valence-electron chi connectivity index (χ3n) is 7.86. The number of hydrogen-bond donors (Lipinski definition) is 0. The average Bonchev–Trinajstić information content (AvgIpc) is 2.98. The molecule has 1 saturated heterocycles. The number of rotatable bonds is 9. The molecule has 3 aromatic carbocycles. The Morgan fingerprint density at radius 1 is 1.00 bits per heavy atom. The van der Waals surface area contributed by atoms with Crippen molar-refractivity contribution in [3.8, 4) is 0 Å². The minimum absolute atomic E-state index is 0.0458. The number of piperidine rings is 1. The highest BCUT2D eigenvalue weighted by Gasteiger charge is 2.30. The molecule has 1 amide bonds. The molecule has 1 unspecified atom stereocenters. The van der Waals surface area contributed by atoms with Gasteiger partial charge in [0.1, 0.15) is 5.82 Å². The van der Waals surface area contributed by atoms with Gasteiger partial charge in [0.25, 0.3) is 11.5 Å². The molecule has 1 aliphatic heterocycles. The van der Waals surface area contributed by atoms with Crippen LogP contribution in [0.3, 0.4) is 0 Å². The van der Waals surface area contributed by atoms with Crippen LogP contribution >= 0.6 is 11.6 Å². The number of fused-ring (bicyclic) bond motifs is 1. The van der Waals surface area contributed by atoms with Crippen LogP contribution in [0.15, 0.2) is 77.6 Å². The maximum Gasteiger partial charge on any atom is 0.261 e. The number of carbonyl (C=O) groups excluding carboxylic acids is 1. The molecule has 2 heterocycles. The molecule has 4 aromatic rings. The largest absolute Gasteiger partial charge is 0.327 e. The quantitative estimate of drug-likeness (QED) is 0.236. The fourth-order valence-corrected chi connectivity index (χ4v) is 5.79. The van der Waals surface area contributed by atoms with Crippen molar-refractivity contribution in [1.29, 1.82) is 0 Å². The Morgan fingerprint density at radius 2 is 1.73 bits per heavy atom. The minimum atomic E-state index is -0.390. The van der Waals surface area contributed by atoms with Crippen LogP contribution in [0.1, 0.15) is 66.0 Å².